The lowest BCUT2D eigenvalue weighted by Crippen LogP contribution is -2.36. The van der Waals surface area contributed by atoms with Crippen LogP contribution < -0.4 is 5.73 Å². The zero-order valence-corrected chi connectivity index (χ0v) is 10.5. The summed E-state index contributed by atoms with van der Waals surface area (Å²) in [6.07, 6.45) is 6.97. The van der Waals surface area contributed by atoms with Crippen molar-refractivity contribution in [1.82, 2.24) is 4.90 Å². The third-order valence-corrected chi connectivity index (χ3v) is 2.89. The Morgan fingerprint density at radius 3 is 2.53 bits per heavy atom. The number of rotatable bonds is 4. The second-order valence-corrected chi connectivity index (χ2v) is 5.89. The fraction of sp³-hybridized carbons (Fsp3) is 0.846. The van der Waals surface area contributed by atoms with Crippen LogP contribution in [0.2, 0.25) is 0 Å². The van der Waals surface area contributed by atoms with Gasteiger partial charge in [-0.2, -0.15) is 0 Å². The largest absolute Gasteiger partial charge is 0.330 e. The quantitative estimate of drug-likeness (QED) is 0.721. The molecule has 1 aliphatic rings. The molecular weight excluding hydrogens is 184 g/mol. The molecule has 0 fully saturated rings. The molecule has 15 heavy (non-hydrogen) atoms. The summed E-state index contributed by atoms with van der Waals surface area (Å²) in [4.78, 5) is 2.52. The predicted molar refractivity (Wildman–Crippen MR) is 66.8 cm³/mol. The first-order chi connectivity index (χ1) is 7.01. The lowest BCUT2D eigenvalue weighted by atomic mass is 9.84. The molecule has 2 N–H and O–H groups in total. The second-order valence-electron chi connectivity index (χ2n) is 5.89. The van der Waals surface area contributed by atoms with Crippen molar-refractivity contribution in [2.24, 2.45) is 17.1 Å². The number of nitrogens with zero attached hydrogens (tertiary/aromatic N) is 1. The monoisotopic (exact) mass is 210 g/mol. The highest BCUT2D eigenvalue weighted by Crippen LogP contribution is 2.24. The van der Waals surface area contributed by atoms with Crippen molar-refractivity contribution in [3.8, 4) is 0 Å². The van der Waals surface area contributed by atoms with Crippen LogP contribution in [0.1, 0.15) is 33.6 Å². The third-order valence-electron chi connectivity index (χ3n) is 2.89. The van der Waals surface area contributed by atoms with Gasteiger partial charge in [0.1, 0.15) is 0 Å². The molecule has 0 spiro atoms. The molecule has 0 aromatic heterocycles. The van der Waals surface area contributed by atoms with E-state index in [0.29, 0.717) is 11.3 Å². The summed E-state index contributed by atoms with van der Waals surface area (Å²) in [6.45, 7) is 11.2. The molecule has 0 aromatic carbocycles. The molecular formula is C13H26N2. The standard InChI is InChI=1S/C13H26N2/c1-13(2,3)9-12(10-14)11-15-7-5-4-6-8-15/h4-5,12H,6-11,14H2,1-3H3. The Balaban J connectivity index is 2.35. The Morgan fingerprint density at radius 1 is 1.33 bits per heavy atom. The van der Waals surface area contributed by atoms with E-state index in [1.807, 2.05) is 0 Å². The van der Waals surface area contributed by atoms with Crippen LogP contribution in [0.15, 0.2) is 12.2 Å². The lowest BCUT2D eigenvalue weighted by Gasteiger charge is -2.31. The Bertz CT molecular complexity index is 203. The van der Waals surface area contributed by atoms with Crippen LogP contribution in [0.3, 0.4) is 0 Å². The van der Waals surface area contributed by atoms with Crippen LogP contribution in [0.4, 0.5) is 0 Å². The molecule has 0 saturated carbocycles. The van der Waals surface area contributed by atoms with Gasteiger partial charge in [-0.15, -0.1) is 0 Å². The fourth-order valence-electron chi connectivity index (χ4n) is 2.31. The van der Waals surface area contributed by atoms with E-state index in [0.717, 1.165) is 19.6 Å². The SMILES string of the molecule is CC(C)(C)CC(CN)CN1CC=CCC1. The molecule has 1 heterocycles. The summed E-state index contributed by atoms with van der Waals surface area (Å²) < 4.78 is 0. The minimum atomic E-state index is 0.398. The molecule has 1 rings (SSSR count). The van der Waals surface area contributed by atoms with E-state index < -0.39 is 0 Å². The fourth-order valence-corrected chi connectivity index (χ4v) is 2.31. The Morgan fingerprint density at radius 2 is 2.07 bits per heavy atom. The van der Waals surface area contributed by atoms with Crippen molar-refractivity contribution in [3.05, 3.63) is 12.2 Å². The smallest absolute Gasteiger partial charge is 0.0163 e. The van der Waals surface area contributed by atoms with Gasteiger partial charge in [-0.1, -0.05) is 32.9 Å². The van der Waals surface area contributed by atoms with Crippen LogP contribution >= 0.6 is 0 Å². The van der Waals surface area contributed by atoms with Gasteiger partial charge >= 0.3 is 0 Å². The summed E-state index contributed by atoms with van der Waals surface area (Å²) in [6, 6.07) is 0. The first kappa shape index (κ1) is 12.7. The average Bonchev–Trinajstić information content (AvgIpc) is 2.16. The first-order valence-corrected chi connectivity index (χ1v) is 6.09. The van der Waals surface area contributed by atoms with Crippen molar-refractivity contribution < 1.29 is 0 Å². The molecule has 0 saturated heterocycles. The number of hydrogen-bond donors (Lipinski definition) is 1. The number of nitrogens with two attached hydrogens (primary N) is 1. The summed E-state index contributed by atoms with van der Waals surface area (Å²) in [5.74, 6) is 0.650. The first-order valence-electron chi connectivity index (χ1n) is 6.09. The van der Waals surface area contributed by atoms with Crippen molar-refractivity contribution in [2.45, 2.75) is 33.6 Å². The molecule has 0 radical (unpaired) electrons. The molecule has 0 bridgehead atoms. The maximum atomic E-state index is 5.85. The maximum Gasteiger partial charge on any atom is 0.0163 e. The van der Waals surface area contributed by atoms with E-state index in [4.69, 9.17) is 5.73 Å². The van der Waals surface area contributed by atoms with Gasteiger partial charge in [-0.3, -0.25) is 4.90 Å². The van der Waals surface area contributed by atoms with Gasteiger partial charge in [0.25, 0.3) is 0 Å². The zero-order valence-electron chi connectivity index (χ0n) is 10.5. The van der Waals surface area contributed by atoms with E-state index >= 15 is 0 Å². The van der Waals surface area contributed by atoms with Gasteiger partial charge < -0.3 is 5.73 Å². The van der Waals surface area contributed by atoms with Crippen LogP contribution in [0, 0.1) is 11.3 Å². The molecule has 1 unspecified atom stereocenters. The van der Waals surface area contributed by atoms with Crippen molar-refractivity contribution in [2.75, 3.05) is 26.2 Å². The van der Waals surface area contributed by atoms with Crippen LogP contribution in [0.5, 0.6) is 0 Å². The van der Waals surface area contributed by atoms with E-state index in [2.05, 4.69) is 37.8 Å². The van der Waals surface area contributed by atoms with Gasteiger partial charge in [-0.05, 0) is 30.7 Å². The maximum absolute atomic E-state index is 5.85. The average molecular weight is 210 g/mol. The van der Waals surface area contributed by atoms with Crippen LogP contribution in [-0.4, -0.2) is 31.1 Å². The molecule has 1 aliphatic heterocycles. The van der Waals surface area contributed by atoms with Gasteiger partial charge in [0.05, 0.1) is 0 Å². The van der Waals surface area contributed by atoms with E-state index in [-0.39, 0.29) is 0 Å². The molecule has 0 aromatic rings. The van der Waals surface area contributed by atoms with E-state index in [1.54, 1.807) is 0 Å². The van der Waals surface area contributed by atoms with Crippen LogP contribution in [-0.2, 0) is 0 Å². The van der Waals surface area contributed by atoms with Gasteiger partial charge in [0, 0.05) is 19.6 Å². The van der Waals surface area contributed by atoms with Gasteiger partial charge in [0.2, 0.25) is 0 Å². The normalized spacial score (nSPS) is 20.5. The summed E-state index contributed by atoms with van der Waals surface area (Å²) in [5, 5.41) is 0. The summed E-state index contributed by atoms with van der Waals surface area (Å²) in [5.41, 5.74) is 6.25. The van der Waals surface area contributed by atoms with Gasteiger partial charge in [0.15, 0.2) is 0 Å². The predicted octanol–water partition coefficient (Wildman–Crippen LogP) is 2.26. The minimum Gasteiger partial charge on any atom is -0.330 e. The summed E-state index contributed by atoms with van der Waals surface area (Å²) in [7, 11) is 0. The van der Waals surface area contributed by atoms with Gasteiger partial charge in [-0.25, -0.2) is 0 Å². The molecule has 0 aliphatic carbocycles. The minimum absolute atomic E-state index is 0.398. The molecule has 1 atom stereocenters. The highest BCUT2D eigenvalue weighted by atomic mass is 15.1. The van der Waals surface area contributed by atoms with Crippen molar-refractivity contribution >= 4 is 0 Å². The third kappa shape index (κ3) is 5.33. The van der Waals surface area contributed by atoms with E-state index in [9.17, 15) is 0 Å². The molecule has 0 amide bonds. The topological polar surface area (TPSA) is 29.3 Å². The highest BCUT2D eigenvalue weighted by Gasteiger charge is 2.20. The number of hydrogen-bond acceptors (Lipinski definition) is 2. The zero-order chi connectivity index (χ0) is 11.3. The van der Waals surface area contributed by atoms with Crippen molar-refractivity contribution in [3.63, 3.8) is 0 Å². The molecule has 2 heteroatoms. The summed E-state index contributed by atoms with van der Waals surface area (Å²) >= 11 is 0. The lowest BCUT2D eigenvalue weighted by molar-refractivity contribution is 0.205. The molecule has 2 nitrogen and oxygen atoms in total. The second kappa shape index (κ2) is 5.66. The molecule has 88 valence electrons. The Kier molecular flexibility index (Phi) is 4.81. The highest BCUT2D eigenvalue weighted by molar-refractivity contribution is 4.91. The van der Waals surface area contributed by atoms with Crippen LogP contribution in [0.25, 0.3) is 0 Å². The Hall–Kier alpha value is -0.340. The Labute approximate surface area is 94.5 Å². The van der Waals surface area contributed by atoms with E-state index in [1.165, 1.54) is 19.4 Å². The van der Waals surface area contributed by atoms with Crippen molar-refractivity contribution in [1.29, 1.82) is 0 Å².